The van der Waals surface area contributed by atoms with Crippen LogP contribution in [0.2, 0.25) is 0 Å². The molecule has 0 bridgehead atoms. The van der Waals surface area contributed by atoms with Crippen molar-refractivity contribution in [3.05, 3.63) is 28.8 Å². The third-order valence-electron chi connectivity index (χ3n) is 3.30. The molecule has 0 unspecified atom stereocenters. The van der Waals surface area contributed by atoms with Gasteiger partial charge in [-0.1, -0.05) is 6.07 Å². The molecular formula is C14H21NO. The van der Waals surface area contributed by atoms with E-state index < -0.39 is 0 Å². The zero-order valence-electron chi connectivity index (χ0n) is 10.1. The molecule has 2 nitrogen and oxygen atoms in total. The molecule has 88 valence electrons. The van der Waals surface area contributed by atoms with E-state index in [1.807, 2.05) is 6.92 Å². The molecule has 0 spiro atoms. The second kappa shape index (κ2) is 5.35. The van der Waals surface area contributed by atoms with E-state index in [1.54, 1.807) is 0 Å². The van der Waals surface area contributed by atoms with Crippen molar-refractivity contribution in [3.63, 3.8) is 0 Å². The lowest BCUT2D eigenvalue weighted by molar-refractivity contribution is 0.334. The summed E-state index contributed by atoms with van der Waals surface area (Å²) in [6, 6.07) is 4.32. The van der Waals surface area contributed by atoms with Crippen molar-refractivity contribution < 1.29 is 4.74 Å². The molecule has 1 aliphatic carbocycles. The number of benzene rings is 1. The van der Waals surface area contributed by atoms with Crippen LogP contribution >= 0.6 is 0 Å². The first-order chi connectivity index (χ1) is 7.86. The monoisotopic (exact) mass is 219 g/mol. The van der Waals surface area contributed by atoms with Crippen LogP contribution in [0, 0.1) is 0 Å². The van der Waals surface area contributed by atoms with Gasteiger partial charge >= 0.3 is 0 Å². The molecule has 2 rings (SSSR count). The van der Waals surface area contributed by atoms with Crippen molar-refractivity contribution in [2.45, 2.75) is 39.0 Å². The van der Waals surface area contributed by atoms with E-state index >= 15 is 0 Å². The van der Waals surface area contributed by atoms with Crippen molar-refractivity contribution in [2.24, 2.45) is 5.73 Å². The molecule has 0 atom stereocenters. The fourth-order valence-electron chi connectivity index (χ4n) is 2.59. The predicted molar refractivity (Wildman–Crippen MR) is 67.0 cm³/mol. The Morgan fingerprint density at radius 1 is 1.19 bits per heavy atom. The Morgan fingerprint density at radius 3 is 2.62 bits per heavy atom. The van der Waals surface area contributed by atoms with Gasteiger partial charge in [0.15, 0.2) is 0 Å². The average Bonchev–Trinajstić information content (AvgIpc) is 2.33. The van der Waals surface area contributed by atoms with E-state index in [4.69, 9.17) is 10.5 Å². The molecule has 0 saturated heterocycles. The van der Waals surface area contributed by atoms with Crippen molar-refractivity contribution >= 4 is 0 Å². The maximum absolute atomic E-state index is 5.71. The molecule has 1 aliphatic rings. The minimum absolute atomic E-state index is 0.737. The lowest BCUT2D eigenvalue weighted by Gasteiger charge is -2.22. The van der Waals surface area contributed by atoms with Crippen LogP contribution in [0.15, 0.2) is 12.1 Å². The van der Waals surface area contributed by atoms with E-state index in [2.05, 4.69) is 12.1 Å². The highest BCUT2D eigenvalue weighted by molar-refractivity contribution is 5.46. The van der Waals surface area contributed by atoms with Crippen molar-refractivity contribution in [3.8, 4) is 5.75 Å². The van der Waals surface area contributed by atoms with Gasteiger partial charge in [-0.15, -0.1) is 0 Å². The van der Waals surface area contributed by atoms with Gasteiger partial charge < -0.3 is 10.5 Å². The number of rotatable bonds is 4. The van der Waals surface area contributed by atoms with Gasteiger partial charge in [-0.25, -0.2) is 0 Å². The molecule has 0 heterocycles. The second-order valence-electron chi connectivity index (χ2n) is 4.36. The SMILES string of the molecule is CCOc1ccc(CCN)c2c1CCCC2. The highest BCUT2D eigenvalue weighted by Gasteiger charge is 2.17. The van der Waals surface area contributed by atoms with Gasteiger partial charge in [0.05, 0.1) is 6.61 Å². The van der Waals surface area contributed by atoms with E-state index in [0.29, 0.717) is 0 Å². The largest absolute Gasteiger partial charge is 0.494 e. The number of nitrogens with two attached hydrogens (primary N) is 1. The molecule has 16 heavy (non-hydrogen) atoms. The van der Waals surface area contributed by atoms with Crippen molar-refractivity contribution in [1.29, 1.82) is 0 Å². The normalized spacial score (nSPS) is 14.6. The molecule has 2 N–H and O–H groups in total. The first kappa shape index (κ1) is 11.5. The Balaban J connectivity index is 2.37. The summed E-state index contributed by atoms with van der Waals surface area (Å²) in [6.07, 6.45) is 5.96. The van der Waals surface area contributed by atoms with Gasteiger partial charge in [0.2, 0.25) is 0 Å². The summed E-state index contributed by atoms with van der Waals surface area (Å²) in [7, 11) is 0. The Bertz CT molecular complexity index is 325. The first-order valence-corrected chi connectivity index (χ1v) is 6.33. The lowest BCUT2D eigenvalue weighted by atomic mass is 9.86. The number of hydrogen-bond donors (Lipinski definition) is 1. The van der Waals surface area contributed by atoms with Gasteiger partial charge in [0.25, 0.3) is 0 Å². The van der Waals surface area contributed by atoms with Gasteiger partial charge in [-0.3, -0.25) is 0 Å². The highest BCUT2D eigenvalue weighted by atomic mass is 16.5. The molecular weight excluding hydrogens is 198 g/mol. The van der Waals surface area contributed by atoms with E-state index in [0.717, 1.165) is 25.3 Å². The first-order valence-electron chi connectivity index (χ1n) is 6.33. The molecule has 1 aromatic carbocycles. The van der Waals surface area contributed by atoms with Crippen LogP contribution in [0.25, 0.3) is 0 Å². The van der Waals surface area contributed by atoms with Crippen LogP contribution in [0.1, 0.15) is 36.5 Å². The summed E-state index contributed by atoms with van der Waals surface area (Å²) in [5.74, 6) is 1.10. The van der Waals surface area contributed by atoms with E-state index in [9.17, 15) is 0 Å². The zero-order chi connectivity index (χ0) is 11.4. The lowest BCUT2D eigenvalue weighted by Crippen LogP contribution is -2.12. The van der Waals surface area contributed by atoms with Crippen LogP contribution in [0.4, 0.5) is 0 Å². The van der Waals surface area contributed by atoms with E-state index in [1.165, 1.54) is 42.4 Å². The van der Waals surface area contributed by atoms with Crippen LogP contribution in [0.3, 0.4) is 0 Å². The summed E-state index contributed by atoms with van der Waals surface area (Å²) in [5.41, 5.74) is 10.1. The maximum atomic E-state index is 5.71. The molecule has 2 heteroatoms. The molecule has 0 aliphatic heterocycles. The standard InChI is InChI=1S/C14H21NO/c1-2-16-14-8-7-11(9-10-15)12-5-3-4-6-13(12)14/h7-8H,2-6,9-10,15H2,1H3. The molecule has 0 aromatic heterocycles. The van der Waals surface area contributed by atoms with Crippen LogP contribution in [0.5, 0.6) is 5.75 Å². The van der Waals surface area contributed by atoms with Gasteiger partial charge in [0, 0.05) is 0 Å². The third-order valence-corrected chi connectivity index (χ3v) is 3.30. The van der Waals surface area contributed by atoms with E-state index in [-0.39, 0.29) is 0 Å². The second-order valence-corrected chi connectivity index (χ2v) is 4.36. The average molecular weight is 219 g/mol. The minimum Gasteiger partial charge on any atom is -0.494 e. The quantitative estimate of drug-likeness (QED) is 0.844. The predicted octanol–water partition coefficient (Wildman–Crippen LogP) is 2.47. The van der Waals surface area contributed by atoms with Crippen LogP contribution < -0.4 is 10.5 Å². The van der Waals surface area contributed by atoms with Gasteiger partial charge in [-0.2, -0.15) is 0 Å². The Labute approximate surface area is 97.8 Å². The van der Waals surface area contributed by atoms with Crippen LogP contribution in [-0.4, -0.2) is 13.2 Å². The fraction of sp³-hybridized carbons (Fsp3) is 0.571. The molecule has 0 fully saturated rings. The highest BCUT2D eigenvalue weighted by Crippen LogP contribution is 2.32. The van der Waals surface area contributed by atoms with Crippen molar-refractivity contribution in [2.75, 3.05) is 13.2 Å². The molecule has 0 saturated carbocycles. The summed E-state index contributed by atoms with van der Waals surface area (Å²) in [6.45, 7) is 3.53. The molecule has 1 aromatic rings. The minimum atomic E-state index is 0.737. The third kappa shape index (κ3) is 2.22. The summed E-state index contributed by atoms with van der Waals surface area (Å²) < 4.78 is 5.71. The van der Waals surface area contributed by atoms with Crippen LogP contribution in [-0.2, 0) is 19.3 Å². The fourth-order valence-corrected chi connectivity index (χ4v) is 2.59. The maximum Gasteiger partial charge on any atom is 0.122 e. The molecule has 0 amide bonds. The van der Waals surface area contributed by atoms with Gasteiger partial charge in [-0.05, 0) is 68.3 Å². The number of ether oxygens (including phenoxy) is 1. The molecule has 0 radical (unpaired) electrons. The number of hydrogen-bond acceptors (Lipinski definition) is 2. The number of fused-ring (bicyclic) bond motifs is 1. The Hall–Kier alpha value is -1.02. The summed E-state index contributed by atoms with van der Waals surface area (Å²) in [4.78, 5) is 0. The zero-order valence-corrected chi connectivity index (χ0v) is 10.1. The topological polar surface area (TPSA) is 35.2 Å². The Morgan fingerprint density at radius 2 is 1.94 bits per heavy atom. The smallest absolute Gasteiger partial charge is 0.122 e. The summed E-state index contributed by atoms with van der Waals surface area (Å²) >= 11 is 0. The van der Waals surface area contributed by atoms with Gasteiger partial charge in [0.1, 0.15) is 5.75 Å². The summed E-state index contributed by atoms with van der Waals surface area (Å²) in [5, 5.41) is 0. The Kier molecular flexibility index (Phi) is 3.83. The van der Waals surface area contributed by atoms with Crippen molar-refractivity contribution in [1.82, 2.24) is 0 Å².